The highest BCUT2D eigenvalue weighted by Gasteiger charge is 2.06. The molecule has 1 heterocycles. The number of aliphatic carboxylic acids is 1. The van der Waals surface area contributed by atoms with Gasteiger partial charge >= 0.3 is 5.97 Å². The Hall–Kier alpha value is -1.71. The van der Waals surface area contributed by atoms with E-state index in [0.29, 0.717) is 5.46 Å². The van der Waals surface area contributed by atoms with Gasteiger partial charge < -0.3 is 10.1 Å². The zero-order valence-corrected chi connectivity index (χ0v) is 7.45. The number of carboxylic acid groups (broad SMARTS) is 1. The van der Waals surface area contributed by atoms with Crippen molar-refractivity contribution in [1.82, 2.24) is 4.98 Å². The molecule has 3 nitrogen and oxygen atoms in total. The number of aromatic amines is 1. The predicted octanol–water partition coefficient (Wildman–Crippen LogP) is 0.589. The molecule has 1 aromatic carbocycles. The molecule has 2 N–H and O–H groups in total. The lowest BCUT2D eigenvalue weighted by atomic mass is 9.94. The van der Waals surface area contributed by atoms with Gasteiger partial charge in [0.2, 0.25) is 0 Å². The molecular weight excluding hydrogens is 177 g/mol. The predicted molar refractivity (Wildman–Crippen MR) is 55.0 cm³/mol. The maximum absolute atomic E-state index is 10.6. The van der Waals surface area contributed by atoms with Crippen molar-refractivity contribution in [2.45, 2.75) is 6.42 Å². The number of fused-ring (bicyclic) bond motifs is 1. The molecular formula is C10H8BNO2. The van der Waals surface area contributed by atoms with Crippen molar-refractivity contribution in [1.29, 1.82) is 0 Å². The van der Waals surface area contributed by atoms with Crippen LogP contribution in [0.3, 0.4) is 0 Å². The number of hydrogen-bond acceptors (Lipinski definition) is 1. The van der Waals surface area contributed by atoms with Crippen LogP contribution in [0, 0.1) is 0 Å². The van der Waals surface area contributed by atoms with E-state index in [0.717, 1.165) is 16.5 Å². The Bertz CT molecular complexity index is 490. The number of aromatic nitrogens is 1. The van der Waals surface area contributed by atoms with Crippen LogP contribution >= 0.6 is 0 Å². The number of hydrogen-bond donors (Lipinski definition) is 2. The third-order valence-electron chi connectivity index (χ3n) is 2.13. The average Bonchev–Trinajstić information content (AvgIpc) is 2.47. The van der Waals surface area contributed by atoms with Crippen LogP contribution in [0.2, 0.25) is 0 Å². The van der Waals surface area contributed by atoms with Crippen molar-refractivity contribution in [3.63, 3.8) is 0 Å². The highest BCUT2D eigenvalue weighted by Crippen LogP contribution is 2.16. The summed E-state index contributed by atoms with van der Waals surface area (Å²) in [6.07, 6.45) is 1.72. The molecule has 0 aliphatic rings. The molecule has 4 heteroatoms. The molecule has 0 aliphatic heterocycles. The maximum atomic E-state index is 10.6. The zero-order valence-electron chi connectivity index (χ0n) is 7.45. The Labute approximate surface area is 82.2 Å². The number of rotatable bonds is 2. The average molecular weight is 185 g/mol. The van der Waals surface area contributed by atoms with E-state index < -0.39 is 5.97 Å². The quantitative estimate of drug-likeness (QED) is 0.672. The van der Waals surface area contributed by atoms with Crippen LogP contribution in [0.4, 0.5) is 0 Å². The number of benzene rings is 1. The van der Waals surface area contributed by atoms with Crippen LogP contribution in [0.5, 0.6) is 0 Å². The minimum absolute atomic E-state index is 0.0173. The van der Waals surface area contributed by atoms with Gasteiger partial charge in [-0.3, -0.25) is 4.79 Å². The van der Waals surface area contributed by atoms with Gasteiger partial charge in [-0.05, 0) is 11.6 Å². The molecule has 0 bridgehead atoms. The monoisotopic (exact) mass is 185 g/mol. The normalized spacial score (nSPS) is 10.6. The first-order valence-corrected chi connectivity index (χ1v) is 4.24. The lowest BCUT2D eigenvalue weighted by Crippen LogP contribution is -2.02. The van der Waals surface area contributed by atoms with Crippen molar-refractivity contribution in [2.75, 3.05) is 0 Å². The third-order valence-corrected chi connectivity index (χ3v) is 2.13. The Kier molecular flexibility index (Phi) is 2.04. The molecule has 14 heavy (non-hydrogen) atoms. The van der Waals surface area contributed by atoms with Crippen LogP contribution in [0.25, 0.3) is 10.9 Å². The molecule has 0 aliphatic carbocycles. The first-order valence-electron chi connectivity index (χ1n) is 4.24. The van der Waals surface area contributed by atoms with Crippen LogP contribution in [-0.4, -0.2) is 23.9 Å². The summed E-state index contributed by atoms with van der Waals surface area (Å²) >= 11 is 0. The van der Waals surface area contributed by atoms with E-state index in [1.165, 1.54) is 0 Å². The minimum Gasteiger partial charge on any atom is -0.481 e. The molecule has 68 valence electrons. The fourth-order valence-corrected chi connectivity index (χ4v) is 1.51. The molecule has 0 spiro atoms. The number of H-pyrrole nitrogens is 1. The lowest BCUT2D eigenvalue weighted by molar-refractivity contribution is -0.136. The second-order valence-electron chi connectivity index (χ2n) is 3.19. The van der Waals surface area contributed by atoms with E-state index in [-0.39, 0.29) is 6.42 Å². The van der Waals surface area contributed by atoms with Crippen molar-refractivity contribution < 1.29 is 9.90 Å². The van der Waals surface area contributed by atoms with Crippen LogP contribution in [0.1, 0.15) is 5.56 Å². The van der Waals surface area contributed by atoms with Gasteiger partial charge in [-0.25, -0.2) is 0 Å². The molecule has 0 saturated heterocycles. The first kappa shape index (κ1) is 8.87. The smallest absolute Gasteiger partial charge is 0.307 e. The summed E-state index contributed by atoms with van der Waals surface area (Å²) in [5.74, 6) is -0.840. The Morgan fingerprint density at radius 3 is 3.00 bits per heavy atom. The summed E-state index contributed by atoms with van der Waals surface area (Å²) in [5.41, 5.74) is 2.32. The highest BCUT2D eigenvalue weighted by atomic mass is 16.4. The molecule has 0 atom stereocenters. The van der Waals surface area contributed by atoms with Gasteiger partial charge in [-0.15, -0.1) is 0 Å². The van der Waals surface area contributed by atoms with Gasteiger partial charge in [0.15, 0.2) is 0 Å². The van der Waals surface area contributed by atoms with Crippen molar-refractivity contribution in [3.05, 3.63) is 30.0 Å². The Balaban J connectivity index is 2.55. The van der Waals surface area contributed by atoms with Crippen molar-refractivity contribution in [2.24, 2.45) is 0 Å². The summed E-state index contributed by atoms with van der Waals surface area (Å²) in [6, 6.07) is 5.41. The summed E-state index contributed by atoms with van der Waals surface area (Å²) < 4.78 is 0. The van der Waals surface area contributed by atoms with Gasteiger partial charge in [0, 0.05) is 17.1 Å². The SMILES string of the molecule is [B]c1ccc2[nH]cc(CC(=O)O)c2c1. The molecule has 0 amide bonds. The van der Waals surface area contributed by atoms with E-state index in [4.69, 9.17) is 13.0 Å². The fraction of sp³-hybridized carbons (Fsp3) is 0.100. The molecule has 2 radical (unpaired) electrons. The highest BCUT2D eigenvalue weighted by molar-refractivity contribution is 6.33. The van der Waals surface area contributed by atoms with E-state index >= 15 is 0 Å². The molecule has 1 aromatic heterocycles. The molecule has 0 unspecified atom stereocenters. The number of carboxylic acids is 1. The van der Waals surface area contributed by atoms with E-state index in [9.17, 15) is 4.79 Å². The van der Waals surface area contributed by atoms with Gasteiger partial charge in [0.1, 0.15) is 7.85 Å². The summed E-state index contributed by atoms with van der Waals surface area (Å²) in [6.45, 7) is 0. The number of carbonyl (C=O) groups is 1. The van der Waals surface area contributed by atoms with Crippen LogP contribution < -0.4 is 5.46 Å². The largest absolute Gasteiger partial charge is 0.481 e. The van der Waals surface area contributed by atoms with E-state index in [1.807, 2.05) is 6.07 Å². The Morgan fingerprint density at radius 2 is 2.29 bits per heavy atom. The second-order valence-corrected chi connectivity index (χ2v) is 3.19. The summed E-state index contributed by atoms with van der Waals surface area (Å²) in [4.78, 5) is 13.6. The lowest BCUT2D eigenvalue weighted by Gasteiger charge is -1.96. The molecule has 0 saturated carbocycles. The van der Waals surface area contributed by atoms with Gasteiger partial charge in [-0.2, -0.15) is 0 Å². The van der Waals surface area contributed by atoms with Crippen LogP contribution in [-0.2, 0) is 11.2 Å². The minimum atomic E-state index is -0.840. The van der Waals surface area contributed by atoms with Gasteiger partial charge in [0.25, 0.3) is 0 Å². The van der Waals surface area contributed by atoms with Crippen molar-refractivity contribution >= 4 is 30.2 Å². The topological polar surface area (TPSA) is 53.1 Å². The maximum Gasteiger partial charge on any atom is 0.307 e. The van der Waals surface area contributed by atoms with Crippen molar-refractivity contribution in [3.8, 4) is 0 Å². The molecule has 2 aromatic rings. The number of nitrogens with one attached hydrogen (secondary N) is 1. The summed E-state index contributed by atoms with van der Waals surface area (Å²) in [5, 5.41) is 9.55. The first-order chi connectivity index (χ1) is 6.66. The van der Waals surface area contributed by atoms with Crippen LogP contribution in [0.15, 0.2) is 24.4 Å². The van der Waals surface area contributed by atoms with Gasteiger partial charge in [-0.1, -0.05) is 17.6 Å². The Morgan fingerprint density at radius 1 is 1.50 bits per heavy atom. The summed E-state index contributed by atoms with van der Waals surface area (Å²) in [7, 11) is 5.62. The molecule has 0 fully saturated rings. The molecule has 2 rings (SSSR count). The third kappa shape index (κ3) is 1.51. The van der Waals surface area contributed by atoms with E-state index in [1.54, 1.807) is 18.3 Å². The standard InChI is InChI=1S/C10H8BNO2/c11-7-1-2-9-8(4-7)6(5-12-9)3-10(13)14/h1-2,4-5,12H,3H2,(H,13,14). The second kappa shape index (κ2) is 3.22. The zero-order chi connectivity index (χ0) is 10.1. The fourth-order valence-electron chi connectivity index (χ4n) is 1.51. The van der Waals surface area contributed by atoms with E-state index in [2.05, 4.69) is 4.98 Å². The van der Waals surface area contributed by atoms with Gasteiger partial charge in [0.05, 0.1) is 6.42 Å².